The molecule has 1 heteroatoms. The molecule has 2 N–H and O–H groups in total. The Bertz CT molecular complexity index is 422. The topological polar surface area (TPSA) is 26.0 Å². The minimum atomic E-state index is -0.177. The summed E-state index contributed by atoms with van der Waals surface area (Å²) in [6.45, 7) is 6.64. The lowest BCUT2D eigenvalue weighted by atomic mass is 9.85. The largest absolute Gasteiger partial charge is 0.322 e. The van der Waals surface area contributed by atoms with Crippen molar-refractivity contribution in [3.8, 4) is 0 Å². The number of nitrogens with two attached hydrogens (primary N) is 1. The number of rotatable bonds is 14. The lowest BCUT2D eigenvalue weighted by Crippen LogP contribution is -2.33. The fourth-order valence-corrected chi connectivity index (χ4v) is 3.68. The third kappa shape index (κ3) is 8.87. The van der Waals surface area contributed by atoms with Gasteiger partial charge in [0, 0.05) is 5.54 Å². The van der Waals surface area contributed by atoms with Gasteiger partial charge >= 0.3 is 0 Å². The number of hydrogen-bond donors (Lipinski definition) is 1. The molecule has 1 rings (SSSR count). The predicted molar refractivity (Wildman–Crippen MR) is 108 cm³/mol. The van der Waals surface area contributed by atoms with E-state index in [1.807, 2.05) is 0 Å². The molecule has 0 aromatic heterocycles. The normalized spacial score (nSPS) is 13.8. The van der Waals surface area contributed by atoms with Crippen molar-refractivity contribution in [3.63, 3.8) is 0 Å². The molecule has 0 fully saturated rings. The van der Waals surface area contributed by atoms with Gasteiger partial charge in [-0.05, 0) is 31.4 Å². The molecule has 0 aliphatic heterocycles. The first-order chi connectivity index (χ1) is 11.6. The average Bonchev–Trinajstić information content (AvgIpc) is 2.56. The minimum absolute atomic E-state index is 0.177. The van der Waals surface area contributed by atoms with E-state index in [9.17, 15) is 0 Å². The van der Waals surface area contributed by atoms with Crippen LogP contribution in [0.2, 0.25) is 0 Å². The van der Waals surface area contributed by atoms with Gasteiger partial charge in [-0.25, -0.2) is 0 Å². The fraction of sp³-hybridized carbons (Fsp3) is 0.739. The minimum Gasteiger partial charge on any atom is -0.322 e. The zero-order valence-electron chi connectivity index (χ0n) is 16.6. The van der Waals surface area contributed by atoms with Crippen LogP contribution in [0.5, 0.6) is 0 Å². The molecular weight excluding hydrogens is 290 g/mol. The van der Waals surface area contributed by atoms with Crippen LogP contribution < -0.4 is 5.73 Å². The van der Waals surface area contributed by atoms with Gasteiger partial charge in [0.2, 0.25) is 0 Å². The van der Waals surface area contributed by atoms with E-state index in [0.29, 0.717) is 0 Å². The molecule has 0 bridgehead atoms. The lowest BCUT2D eigenvalue weighted by Gasteiger charge is -2.27. The summed E-state index contributed by atoms with van der Waals surface area (Å²) in [5.74, 6) is 0. The van der Waals surface area contributed by atoms with Crippen LogP contribution in [-0.4, -0.2) is 0 Å². The molecule has 1 atom stereocenters. The van der Waals surface area contributed by atoms with Crippen LogP contribution in [0.15, 0.2) is 24.3 Å². The fourth-order valence-electron chi connectivity index (χ4n) is 3.68. The molecule has 24 heavy (non-hydrogen) atoms. The van der Waals surface area contributed by atoms with Crippen LogP contribution >= 0.6 is 0 Å². The van der Waals surface area contributed by atoms with Crippen molar-refractivity contribution >= 4 is 0 Å². The standard InChI is InChI=1S/C23H41N/c1-4-5-6-7-8-9-10-11-12-13-14-17-20-23(3,24)22-19-16-15-18-21(22)2/h15-16,18-19H,4-14,17,20,24H2,1-3H3. The first-order valence-corrected chi connectivity index (χ1v) is 10.4. The number of hydrogen-bond acceptors (Lipinski definition) is 1. The van der Waals surface area contributed by atoms with Gasteiger partial charge in [-0.2, -0.15) is 0 Å². The summed E-state index contributed by atoms with van der Waals surface area (Å²) in [6, 6.07) is 8.56. The third-order valence-corrected chi connectivity index (χ3v) is 5.31. The molecule has 0 heterocycles. The second-order valence-corrected chi connectivity index (χ2v) is 7.87. The summed E-state index contributed by atoms with van der Waals surface area (Å²) in [4.78, 5) is 0. The van der Waals surface area contributed by atoms with E-state index in [0.717, 1.165) is 6.42 Å². The smallest absolute Gasteiger partial charge is 0.0383 e. The Labute approximate surface area is 151 Å². The van der Waals surface area contributed by atoms with Gasteiger partial charge in [0.15, 0.2) is 0 Å². The first kappa shape index (κ1) is 21.2. The van der Waals surface area contributed by atoms with Crippen LogP contribution in [0.25, 0.3) is 0 Å². The van der Waals surface area contributed by atoms with E-state index in [4.69, 9.17) is 5.73 Å². The van der Waals surface area contributed by atoms with E-state index in [1.54, 1.807) is 0 Å². The molecule has 0 radical (unpaired) electrons. The molecule has 1 aromatic rings. The van der Waals surface area contributed by atoms with Gasteiger partial charge in [0.05, 0.1) is 0 Å². The Morgan fingerprint density at radius 3 is 1.71 bits per heavy atom. The van der Waals surface area contributed by atoms with Crippen molar-refractivity contribution in [1.82, 2.24) is 0 Å². The first-order valence-electron chi connectivity index (χ1n) is 10.4. The summed E-state index contributed by atoms with van der Waals surface area (Å²) >= 11 is 0. The SMILES string of the molecule is CCCCCCCCCCCCCCC(C)(N)c1ccccc1C. The lowest BCUT2D eigenvalue weighted by molar-refractivity contribution is 0.418. The van der Waals surface area contributed by atoms with Crippen LogP contribution in [0, 0.1) is 6.92 Å². The van der Waals surface area contributed by atoms with Crippen molar-refractivity contribution in [2.75, 3.05) is 0 Å². The summed E-state index contributed by atoms with van der Waals surface area (Å²) in [5.41, 5.74) is 9.03. The Morgan fingerprint density at radius 1 is 0.750 bits per heavy atom. The Hall–Kier alpha value is -0.820. The van der Waals surface area contributed by atoms with Gasteiger partial charge in [-0.1, -0.05) is 108 Å². The Balaban J connectivity index is 2.01. The van der Waals surface area contributed by atoms with Crippen molar-refractivity contribution in [1.29, 1.82) is 0 Å². The quantitative estimate of drug-likeness (QED) is 0.357. The molecule has 0 saturated heterocycles. The zero-order chi connectivity index (χ0) is 17.7. The maximum atomic E-state index is 6.57. The molecular formula is C23H41N. The molecule has 1 nitrogen and oxygen atoms in total. The van der Waals surface area contributed by atoms with Crippen LogP contribution in [0.4, 0.5) is 0 Å². The van der Waals surface area contributed by atoms with Gasteiger partial charge in [-0.15, -0.1) is 0 Å². The zero-order valence-corrected chi connectivity index (χ0v) is 16.6. The number of unbranched alkanes of at least 4 members (excludes halogenated alkanes) is 11. The van der Waals surface area contributed by atoms with E-state index in [2.05, 4.69) is 45.0 Å². The van der Waals surface area contributed by atoms with E-state index in [1.165, 1.54) is 88.2 Å². The number of aryl methyl sites for hydroxylation is 1. The van der Waals surface area contributed by atoms with Gasteiger partial charge < -0.3 is 5.73 Å². The highest BCUT2D eigenvalue weighted by molar-refractivity contribution is 5.31. The summed E-state index contributed by atoms with van der Waals surface area (Å²) in [7, 11) is 0. The summed E-state index contributed by atoms with van der Waals surface area (Å²) in [5, 5.41) is 0. The van der Waals surface area contributed by atoms with Crippen molar-refractivity contribution in [2.45, 2.75) is 110 Å². The van der Waals surface area contributed by atoms with Crippen LogP contribution in [-0.2, 0) is 5.54 Å². The number of benzene rings is 1. The molecule has 138 valence electrons. The molecule has 0 amide bonds. The highest BCUT2D eigenvalue weighted by atomic mass is 14.7. The van der Waals surface area contributed by atoms with Crippen LogP contribution in [0.3, 0.4) is 0 Å². The molecule has 0 spiro atoms. The van der Waals surface area contributed by atoms with Gasteiger partial charge in [0.25, 0.3) is 0 Å². The van der Waals surface area contributed by atoms with Gasteiger partial charge in [-0.3, -0.25) is 0 Å². The van der Waals surface area contributed by atoms with Gasteiger partial charge in [0.1, 0.15) is 0 Å². The van der Waals surface area contributed by atoms with Crippen LogP contribution in [0.1, 0.15) is 108 Å². The second-order valence-electron chi connectivity index (χ2n) is 7.87. The molecule has 1 unspecified atom stereocenters. The maximum absolute atomic E-state index is 6.57. The maximum Gasteiger partial charge on any atom is 0.0383 e. The van der Waals surface area contributed by atoms with E-state index in [-0.39, 0.29) is 5.54 Å². The molecule has 0 saturated carbocycles. The third-order valence-electron chi connectivity index (χ3n) is 5.31. The summed E-state index contributed by atoms with van der Waals surface area (Å²) in [6.07, 6.45) is 17.9. The summed E-state index contributed by atoms with van der Waals surface area (Å²) < 4.78 is 0. The van der Waals surface area contributed by atoms with Crippen molar-refractivity contribution < 1.29 is 0 Å². The predicted octanol–water partition coefficient (Wildman–Crippen LogP) is 7.26. The van der Waals surface area contributed by atoms with E-state index >= 15 is 0 Å². The average molecular weight is 332 g/mol. The highest BCUT2D eigenvalue weighted by Crippen LogP contribution is 2.27. The van der Waals surface area contributed by atoms with Crippen molar-refractivity contribution in [3.05, 3.63) is 35.4 Å². The monoisotopic (exact) mass is 331 g/mol. The Kier molecular flexibility index (Phi) is 11.1. The molecule has 1 aromatic carbocycles. The highest BCUT2D eigenvalue weighted by Gasteiger charge is 2.21. The van der Waals surface area contributed by atoms with E-state index < -0.39 is 0 Å². The molecule has 0 aliphatic carbocycles. The Morgan fingerprint density at radius 2 is 1.21 bits per heavy atom. The van der Waals surface area contributed by atoms with Crippen molar-refractivity contribution in [2.24, 2.45) is 5.73 Å². The second kappa shape index (κ2) is 12.5. The molecule has 0 aliphatic rings.